The zero-order chi connectivity index (χ0) is 16.8. The molecule has 0 radical (unpaired) electrons. The molecule has 0 saturated heterocycles. The molecule has 0 N–H and O–H groups in total. The van der Waals surface area contributed by atoms with Crippen molar-refractivity contribution in [1.29, 1.82) is 5.26 Å². The molecule has 22 heavy (non-hydrogen) atoms. The Morgan fingerprint density at radius 1 is 1.41 bits per heavy atom. The van der Waals surface area contributed by atoms with E-state index in [0.717, 1.165) is 4.90 Å². The van der Waals surface area contributed by atoms with Gasteiger partial charge in [-0.3, -0.25) is 9.69 Å². The van der Waals surface area contributed by atoms with E-state index in [0.29, 0.717) is 0 Å². The van der Waals surface area contributed by atoms with E-state index >= 15 is 0 Å². The van der Waals surface area contributed by atoms with Gasteiger partial charge in [0.1, 0.15) is 5.75 Å². The van der Waals surface area contributed by atoms with E-state index in [4.69, 9.17) is 5.26 Å². The third-order valence-electron chi connectivity index (χ3n) is 2.72. The Bertz CT molecular complexity index is 671. The Morgan fingerprint density at radius 3 is 2.64 bits per heavy atom. The first-order valence-corrected chi connectivity index (χ1v) is 7.96. The molecule has 0 spiro atoms. The highest BCUT2D eigenvalue weighted by molar-refractivity contribution is 7.90. The lowest BCUT2D eigenvalue weighted by Gasteiger charge is -2.11. The van der Waals surface area contributed by atoms with Crippen LogP contribution in [0.5, 0.6) is 5.75 Å². The van der Waals surface area contributed by atoms with Crippen LogP contribution in [0, 0.1) is 11.5 Å². The van der Waals surface area contributed by atoms with Crippen LogP contribution in [0.15, 0.2) is 24.3 Å². The first kappa shape index (κ1) is 17.8. The zero-order valence-corrected chi connectivity index (χ0v) is 12.5. The van der Waals surface area contributed by atoms with Gasteiger partial charge in [0, 0.05) is 19.0 Å². The van der Waals surface area contributed by atoms with E-state index in [1.54, 1.807) is 6.19 Å². The second kappa shape index (κ2) is 7.70. The van der Waals surface area contributed by atoms with Crippen LogP contribution in [0.1, 0.15) is 12.0 Å². The van der Waals surface area contributed by atoms with E-state index < -0.39 is 33.9 Å². The first-order valence-electron chi connectivity index (χ1n) is 6.14. The maximum Gasteiger partial charge on any atom is 0.387 e. The van der Waals surface area contributed by atoms with Crippen molar-refractivity contribution >= 4 is 15.7 Å². The van der Waals surface area contributed by atoms with Gasteiger partial charge >= 0.3 is 6.61 Å². The quantitative estimate of drug-likeness (QED) is 0.558. The summed E-state index contributed by atoms with van der Waals surface area (Å²) in [7, 11) is -2.49. The molecule has 9 heteroatoms. The summed E-state index contributed by atoms with van der Waals surface area (Å²) in [5.41, 5.74) is 0.0869. The third kappa shape index (κ3) is 5.65. The number of para-hydroxylation sites is 1. The number of amides is 1. The summed E-state index contributed by atoms with van der Waals surface area (Å²) in [6.45, 7) is -3.06. The van der Waals surface area contributed by atoms with Crippen molar-refractivity contribution in [2.75, 3.05) is 12.8 Å². The third-order valence-corrected chi connectivity index (χ3v) is 4.29. The van der Waals surface area contributed by atoms with Gasteiger partial charge in [-0.2, -0.15) is 14.0 Å². The highest BCUT2D eigenvalue weighted by Crippen LogP contribution is 2.22. The predicted octanol–water partition coefficient (Wildman–Crippen LogP) is 1.53. The summed E-state index contributed by atoms with van der Waals surface area (Å²) in [5, 5.41) is 8.51. The lowest BCUT2D eigenvalue weighted by molar-refractivity contribution is -0.126. The average Bonchev–Trinajstić information content (AvgIpc) is 2.45. The number of rotatable bonds is 7. The minimum atomic E-state index is -3.71. The number of carbonyl (C=O) groups is 1. The van der Waals surface area contributed by atoms with Crippen molar-refractivity contribution < 1.29 is 26.7 Å². The van der Waals surface area contributed by atoms with Crippen molar-refractivity contribution in [3.63, 3.8) is 0 Å². The molecule has 0 unspecified atom stereocenters. The Morgan fingerprint density at radius 2 is 2.05 bits per heavy atom. The largest absolute Gasteiger partial charge is 0.435 e. The maximum atomic E-state index is 12.3. The monoisotopic (exact) mass is 332 g/mol. The van der Waals surface area contributed by atoms with Gasteiger partial charge in [-0.15, -0.1) is 0 Å². The minimum Gasteiger partial charge on any atom is -0.435 e. The Labute approximate surface area is 126 Å². The molecule has 6 nitrogen and oxygen atoms in total. The molecular formula is C13H14F2N2O4S. The van der Waals surface area contributed by atoms with Crippen LogP contribution in [0.2, 0.25) is 0 Å². The summed E-state index contributed by atoms with van der Waals surface area (Å²) < 4.78 is 52.7. The Hall–Kier alpha value is -2.21. The van der Waals surface area contributed by atoms with E-state index in [1.807, 2.05) is 0 Å². The molecule has 0 saturated carbocycles. The SMILES string of the molecule is CN(C#N)C(=O)CCS(=O)(=O)Cc1ccccc1OC(F)F. The first-order chi connectivity index (χ1) is 10.2. The molecule has 0 aliphatic rings. The fourth-order valence-corrected chi connectivity index (χ4v) is 2.95. The van der Waals surface area contributed by atoms with Gasteiger partial charge in [-0.05, 0) is 6.07 Å². The Kier molecular flexibility index (Phi) is 6.24. The van der Waals surface area contributed by atoms with E-state index in [-0.39, 0.29) is 17.7 Å². The molecule has 0 fully saturated rings. The molecule has 1 rings (SSSR count). The van der Waals surface area contributed by atoms with Crippen LogP contribution in [0.25, 0.3) is 0 Å². The van der Waals surface area contributed by atoms with E-state index in [9.17, 15) is 22.0 Å². The maximum absolute atomic E-state index is 12.3. The molecule has 0 aliphatic heterocycles. The number of sulfone groups is 1. The molecule has 0 aliphatic carbocycles. The zero-order valence-electron chi connectivity index (χ0n) is 11.7. The number of halogens is 2. The second-order valence-electron chi connectivity index (χ2n) is 4.38. The van der Waals surface area contributed by atoms with Crippen LogP contribution in [0.3, 0.4) is 0 Å². The van der Waals surface area contributed by atoms with Crippen LogP contribution < -0.4 is 4.74 Å². The highest BCUT2D eigenvalue weighted by atomic mass is 32.2. The van der Waals surface area contributed by atoms with Crippen molar-refractivity contribution in [2.45, 2.75) is 18.8 Å². The topological polar surface area (TPSA) is 87.5 Å². The highest BCUT2D eigenvalue weighted by Gasteiger charge is 2.19. The summed E-state index contributed by atoms with van der Waals surface area (Å²) >= 11 is 0. The summed E-state index contributed by atoms with van der Waals surface area (Å²) in [6, 6.07) is 5.54. The molecule has 0 aromatic heterocycles. The van der Waals surface area contributed by atoms with Gasteiger partial charge < -0.3 is 4.74 Å². The van der Waals surface area contributed by atoms with Crippen LogP contribution >= 0.6 is 0 Å². The van der Waals surface area contributed by atoms with Crippen molar-refractivity contribution in [2.24, 2.45) is 0 Å². The summed E-state index contributed by atoms with van der Waals surface area (Å²) in [4.78, 5) is 12.1. The predicted molar refractivity (Wildman–Crippen MR) is 73.6 cm³/mol. The van der Waals surface area contributed by atoms with Crippen LogP contribution in [-0.4, -0.2) is 38.6 Å². The molecule has 0 atom stereocenters. The smallest absolute Gasteiger partial charge is 0.387 e. The van der Waals surface area contributed by atoms with Gasteiger partial charge in [-0.25, -0.2) is 8.42 Å². The number of alkyl halides is 2. The minimum absolute atomic E-state index is 0.0869. The number of nitriles is 1. The van der Waals surface area contributed by atoms with Gasteiger partial charge in [0.25, 0.3) is 0 Å². The molecule has 0 heterocycles. The van der Waals surface area contributed by atoms with Gasteiger partial charge in [0.15, 0.2) is 16.0 Å². The number of nitrogens with zero attached hydrogens (tertiary/aromatic N) is 2. The molecule has 0 bridgehead atoms. The molecule has 120 valence electrons. The van der Waals surface area contributed by atoms with E-state index in [2.05, 4.69) is 4.74 Å². The standard InChI is InChI=1S/C13H14F2N2O4S/c1-17(9-16)12(18)6-7-22(19,20)8-10-4-2-3-5-11(10)21-13(14)15/h2-5,13H,6-8H2,1H3. The van der Waals surface area contributed by atoms with Crippen LogP contribution in [0.4, 0.5) is 8.78 Å². The van der Waals surface area contributed by atoms with Gasteiger partial charge in [-0.1, -0.05) is 18.2 Å². The number of carbonyl (C=O) groups excluding carboxylic acids is 1. The van der Waals surface area contributed by atoms with E-state index in [1.165, 1.54) is 31.3 Å². The molecular weight excluding hydrogens is 318 g/mol. The fourth-order valence-electron chi connectivity index (χ4n) is 1.61. The molecule has 1 aromatic carbocycles. The van der Waals surface area contributed by atoms with Gasteiger partial charge in [0.05, 0.1) is 11.5 Å². The number of hydrogen-bond donors (Lipinski definition) is 0. The fraction of sp³-hybridized carbons (Fsp3) is 0.385. The van der Waals surface area contributed by atoms with Gasteiger partial charge in [0.2, 0.25) is 5.91 Å². The normalized spacial score (nSPS) is 11.0. The Balaban J connectivity index is 2.77. The lowest BCUT2D eigenvalue weighted by atomic mass is 10.2. The second-order valence-corrected chi connectivity index (χ2v) is 6.57. The summed E-state index contributed by atoms with van der Waals surface area (Å²) in [5.74, 6) is -1.87. The molecule has 1 amide bonds. The summed E-state index contributed by atoms with van der Waals surface area (Å²) in [6.07, 6.45) is 1.21. The van der Waals surface area contributed by atoms with Crippen molar-refractivity contribution in [1.82, 2.24) is 4.90 Å². The lowest BCUT2D eigenvalue weighted by Crippen LogP contribution is -2.24. The van der Waals surface area contributed by atoms with Crippen molar-refractivity contribution in [3.8, 4) is 11.9 Å². The number of hydrogen-bond acceptors (Lipinski definition) is 5. The average molecular weight is 332 g/mol. The van der Waals surface area contributed by atoms with Crippen molar-refractivity contribution in [3.05, 3.63) is 29.8 Å². The molecule has 1 aromatic rings. The number of ether oxygens (including phenoxy) is 1. The van der Waals surface area contributed by atoms with Crippen LogP contribution in [-0.2, 0) is 20.4 Å². The number of benzene rings is 1.